The van der Waals surface area contributed by atoms with Gasteiger partial charge in [-0.2, -0.15) is 0 Å². The van der Waals surface area contributed by atoms with Crippen LogP contribution < -0.4 is 5.32 Å². The summed E-state index contributed by atoms with van der Waals surface area (Å²) in [5.41, 5.74) is 5.09. The van der Waals surface area contributed by atoms with Crippen molar-refractivity contribution in [3.05, 3.63) is 65.0 Å². The van der Waals surface area contributed by atoms with Gasteiger partial charge in [-0.05, 0) is 61.9 Å². The van der Waals surface area contributed by atoms with Crippen molar-refractivity contribution in [2.24, 2.45) is 0 Å². The monoisotopic (exact) mass is 269 g/mol. The van der Waals surface area contributed by atoms with Crippen LogP contribution >= 0.6 is 0 Å². The van der Waals surface area contributed by atoms with Gasteiger partial charge in [0.25, 0.3) is 0 Å². The van der Waals surface area contributed by atoms with Gasteiger partial charge in [-0.25, -0.2) is 4.39 Å². The highest BCUT2D eigenvalue weighted by molar-refractivity contribution is 5.53. The Morgan fingerprint density at radius 1 is 1.00 bits per heavy atom. The van der Waals surface area contributed by atoms with Crippen LogP contribution in [0.2, 0.25) is 0 Å². The summed E-state index contributed by atoms with van der Waals surface area (Å²) >= 11 is 0. The van der Waals surface area contributed by atoms with Crippen molar-refractivity contribution in [2.45, 2.75) is 38.6 Å². The zero-order valence-corrected chi connectivity index (χ0v) is 12.0. The van der Waals surface area contributed by atoms with Crippen LogP contribution in [0.25, 0.3) is 0 Å². The number of hydrogen-bond donors (Lipinski definition) is 1. The molecule has 1 saturated carbocycles. The van der Waals surface area contributed by atoms with Crippen LogP contribution in [0.3, 0.4) is 0 Å². The van der Waals surface area contributed by atoms with Crippen molar-refractivity contribution in [1.29, 1.82) is 0 Å². The third kappa shape index (κ3) is 2.69. The predicted octanol–water partition coefficient (Wildman–Crippen LogP) is 4.80. The molecule has 0 aliphatic heterocycles. The van der Waals surface area contributed by atoms with E-state index >= 15 is 0 Å². The molecule has 0 saturated heterocycles. The molecular weight excluding hydrogens is 249 g/mol. The van der Waals surface area contributed by atoms with Crippen molar-refractivity contribution in [3.63, 3.8) is 0 Å². The zero-order valence-electron chi connectivity index (χ0n) is 12.0. The van der Waals surface area contributed by atoms with Crippen LogP contribution in [0.15, 0.2) is 42.5 Å². The van der Waals surface area contributed by atoms with Crippen LogP contribution in [-0.4, -0.2) is 6.04 Å². The maximum atomic E-state index is 12.9. The Hall–Kier alpha value is -1.83. The number of halogens is 1. The third-order valence-corrected chi connectivity index (χ3v) is 4.22. The summed E-state index contributed by atoms with van der Waals surface area (Å²) in [7, 11) is 0. The first-order chi connectivity index (χ1) is 9.61. The first-order valence-corrected chi connectivity index (χ1v) is 7.21. The van der Waals surface area contributed by atoms with Crippen LogP contribution in [0, 0.1) is 19.7 Å². The molecule has 0 radical (unpaired) electrons. The molecule has 3 rings (SSSR count). The molecule has 104 valence electrons. The molecule has 0 heterocycles. The molecule has 2 aromatic carbocycles. The van der Waals surface area contributed by atoms with E-state index in [1.807, 2.05) is 12.1 Å². The summed E-state index contributed by atoms with van der Waals surface area (Å²) < 4.78 is 12.9. The Morgan fingerprint density at radius 3 is 2.35 bits per heavy atom. The number of aryl methyl sites for hydroxylation is 2. The van der Waals surface area contributed by atoms with E-state index in [0.717, 1.165) is 12.8 Å². The average molecular weight is 269 g/mol. The number of anilines is 1. The van der Waals surface area contributed by atoms with Gasteiger partial charge in [0, 0.05) is 11.7 Å². The van der Waals surface area contributed by atoms with E-state index in [1.54, 1.807) is 12.1 Å². The first-order valence-electron chi connectivity index (χ1n) is 7.21. The minimum absolute atomic E-state index is 0.155. The molecule has 0 aromatic heterocycles. The van der Waals surface area contributed by atoms with E-state index in [0.29, 0.717) is 12.0 Å². The maximum Gasteiger partial charge on any atom is 0.123 e. The quantitative estimate of drug-likeness (QED) is 0.844. The summed E-state index contributed by atoms with van der Waals surface area (Å²) in [6, 6.07) is 14.0. The predicted molar refractivity (Wildman–Crippen MR) is 81.7 cm³/mol. The second-order valence-corrected chi connectivity index (χ2v) is 5.88. The van der Waals surface area contributed by atoms with Crippen LogP contribution in [-0.2, 0) is 0 Å². The molecule has 0 bridgehead atoms. The largest absolute Gasteiger partial charge is 0.382 e. The van der Waals surface area contributed by atoms with Gasteiger partial charge in [-0.1, -0.05) is 29.8 Å². The molecule has 20 heavy (non-hydrogen) atoms. The van der Waals surface area contributed by atoms with Gasteiger partial charge in [0.05, 0.1) is 0 Å². The van der Waals surface area contributed by atoms with Crippen LogP contribution in [0.5, 0.6) is 0 Å². The molecule has 1 aliphatic rings. The molecule has 0 amide bonds. The second kappa shape index (κ2) is 5.28. The molecule has 0 spiro atoms. The number of nitrogens with one attached hydrogen (secondary N) is 1. The Morgan fingerprint density at radius 2 is 1.70 bits per heavy atom. The number of rotatable bonds is 3. The van der Waals surface area contributed by atoms with Crippen molar-refractivity contribution in [1.82, 2.24) is 0 Å². The van der Waals surface area contributed by atoms with E-state index < -0.39 is 0 Å². The molecule has 0 atom stereocenters. The second-order valence-electron chi connectivity index (χ2n) is 5.88. The van der Waals surface area contributed by atoms with Gasteiger partial charge in [-0.3, -0.25) is 0 Å². The standard InChI is InChI=1S/C18H20FN/c1-12-3-8-18(13(2)9-12)20-17-10-15(11-17)14-4-6-16(19)7-5-14/h3-9,15,17,20H,10-11H2,1-2H3. The number of benzene rings is 2. The van der Waals surface area contributed by atoms with Gasteiger partial charge >= 0.3 is 0 Å². The lowest BCUT2D eigenvalue weighted by molar-refractivity contribution is 0.373. The highest BCUT2D eigenvalue weighted by Gasteiger charge is 2.30. The fourth-order valence-corrected chi connectivity index (χ4v) is 2.94. The fraction of sp³-hybridized carbons (Fsp3) is 0.333. The molecule has 1 fully saturated rings. The summed E-state index contributed by atoms with van der Waals surface area (Å²) in [5.74, 6) is 0.414. The third-order valence-electron chi connectivity index (χ3n) is 4.22. The lowest BCUT2D eigenvalue weighted by atomic mass is 9.75. The lowest BCUT2D eigenvalue weighted by Gasteiger charge is -2.37. The molecule has 1 aliphatic carbocycles. The number of hydrogen-bond acceptors (Lipinski definition) is 1. The minimum Gasteiger partial charge on any atom is -0.382 e. The van der Waals surface area contributed by atoms with Crippen molar-refractivity contribution < 1.29 is 4.39 Å². The summed E-state index contributed by atoms with van der Waals surface area (Å²) in [4.78, 5) is 0. The average Bonchev–Trinajstić information content (AvgIpc) is 2.37. The van der Waals surface area contributed by atoms with E-state index in [2.05, 4.69) is 37.4 Å². The minimum atomic E-state index is -0.155. The first kappa shape index (κ1) is 13.2. The fourth-order valence-electron chi connectivity index (χ4n) is 2.94. The highest BCUT2D eigenvalue weighted by atomic mass is 19.1. The highest BCUT2D eigenvalue weighted by Crippen LogP contribution is 2.38. The van der Waals surface area contributed by atoms with Crippen molar-refractivity contribution in [2.75, 3.05) is 5.32 Å². The molecule has 1 N–H and O–H groups in total. The Labute approximate surface area is 119 Å². The van der Waals surface area contributed by atoms with Crippen molar-refractivity contribution in [3.8, 4) is 0 Å². The van der Waals surface area contributed by atoms with Crippen molar-refractivity contribution >= 4 is 5.69 Å². The normalized spacial score (nSPS) is 21.4. The molecule has 0 unspecified atom stereocenters. The van der Waals surface area contributed by atoms with E-state index in [9.17, 15) is 4.39 Å². The Kier molecular flexibility index (Phi) is 3.47. The SMILES string of the molecule is Cc1ccc(NC2CC(c3ccc(F)cc3)C2)c(C)c1. The molecule has 2 aromatic rings. The smallest absolute Gasteiger partial charge is 0.123 e. The molecule has 1 nitrogen and oxygen atoms in total. The Bertz CT molecular complexity index is 597. The Balaban J connectivity index is 1.59. The van der Waals surface area contributed by atoms with Crippen LogP contribution in [0.4, 0.5) is 10.1 Å². The summed E-state index contributed by atoms with van der Waals surface area (Å²) in [6.45, 7) is 4.26. The van der Waals surface area contributed by atoms with E-state index in [1.165, 1.54) is 22.4 Å². The molecular formula is C18H20FN. The van der Waals surface area contributed by atoms with Gasteiger partial charge < -0.3 is 5.32 Å². The summed E-state index contributed by atoms with van der Waals surface area (Å²) in [6.07, 6.45) is 2.25. The van der Waals surface area contributed by atoms with Gasteiger partial charge in [0.1, 0.15) is 5.82 Å². The van der Waals surface area contributed by atoms with E-state index in [4.69, 9.17) is 0 Å². The lowest BCUT2D eigenvalue weighted by Crippen LogP contribution is -2.34. The van der Waals surface area contributed by atoms with Gasteiger partial charge in [0.15, 0.2) is 0 Å². The summed E-state index contributed by atoms with van der Waals surface area (Å²) in [5, 5.41) is 3.61. The zero-order chi connectivity index (χ0) is 14.1. The van der Waals surface area contributed by atoms with Gasteiger partial charge in [-0.15, -0.1) is 0 Å². The molecule has 2 heteroatoms. The van der Waals surface area contributed by atoms with E-state index in [-0.39, 0.29) is 5.82 Å². The van der Waals surface area contributed by atoms with Gasteiger partial charge in [0.2, 0.25) is 0 Å². The van der Waals surface area contributed by atoms with Crippen LogP contribution in [0.1, 0.15) is 35.4 Å². The maximum absolute atomic E-state index is 12.9. The topological polar surface area (TPSA) is 12.0 Å².